The van der Waals surface area contributed by atoms with E-state index in [9.17, 15) is 19.5 Å². The molecule has 0 spiro atoms. The molecule has 6 nitrogen and oxygen atoms in total. The van der Waals surface area contributed by atoms with Crippen LogP contribution in [0.1, 0.15) is 61.6 Å². The summed E-state index contributed by atoms with van der Waals surface area (Å²) in [4.78, 5) is 38.5. The van der Waals surface area contributed by atoms with E-state index >= 15 is 0 Å². The maximum absolute atomic E-state index is 13.1. The zero-order valence-corrected chi connectivity index (χ0v) is 15.0. The lowest BCUT2D eigenvalue weighted by atomic mass is 9.78. The molecule has 2 aromatic carbocycles. The van der Waals surface area contributed by atoms with Gasteiger partial charge < -0.3 is 14.6 Å². The maximum atomic E-state index is 13.1. The van der Waals surface area contributed by atoms with Crippen LogP contribution in [-0.2, 0) is 15.9 Å². The fourth-order valence-electron chi connectivity index (χ4n) is 3.87. The Morgan fingerprint density at radius 3 is 2.19 bits per heavy atom. The van der Waals surface area contributed by atoms with Crippen molar-refractivity contribution in [2.24, 2.45) is 0 Å². The standard InChI is InChI=1S/C21H18O6/c1-11(22)16-12(10-21(2)26-7-8-27-21)9-15(23)17-18(16)20(25)14-6-4-3-5-13(14)19(17)24/h3-6,9,23H,7-8,10H2,1-2H3. The van der Waals surface area contributed by atoms with Gasteiger partial charge in [-0.1, -0.05) is 24.3 Å². The van der Waals surface area contributed by atoms with Gasteiger partial charge in [0.2, 0.25) is 0 Å². The number of aromatic hydroxyl groups is 1. The molecule has 0 bridgehead atoms. The molecule has 2 aliphatic rings. The van der Waals surface area contributed by atoms with Gasteiger partial charge >= 0.3 is 0 Å². The number of hydrogen-bond acceptors (Lipinski definition) is 6. The average molecular weight is 366 g/mol. The third-order valence-corrected chi connectivity index (χ3v) is 5.02. The third-order valence-electron chi connectivity index (χ3n) is 5.02. The van der Waals surface area contributed by atoms with Gasteiger partial charge in [0.15, 0.2) is 23.1 Å². The number of Topliss-reactive ketones (excluding diaryl/α,β-unsaturated/α-hetero) is 1. The fourth-order valence-corrected chi connectivity index (χ4v) is 3.87. The quantitative estimate of drug-likeness (QED) is 0.717. The predicted molar refractivity (Wildman–Crippen MR) is 95.4 cm³/mol. The van der Waals surface area contributed by atoms with E-state index in [4.69, 9.17) is 9.47 Å². The maximum Gasteiger partial charge on any atom is 0.198 e. The number of phenols is 1. The van der Waals surface area contributed by atoms with Crippen LogP contribution in [0.2, 0.25) is 0 Å². The molecular weight excluding hydrogens is 348 g/mol. The fraction of sp³-hybridized carbons (Fsp3) is 0.286. The number of ether oxygens (including phenoxy) is 2. The summed E-state index contributed by atoms with van der Waals surface area (Å²) in [6, 6.07) is 7.78. The Hall–Kier alpha value is -2.83. The summed E-state index contributed by atoms with van der Waals surface area (Å²) in [5.41, 5.74) is 0.851. The van der Waals surface area contributed by atoms with Gasteiger partial charge in [0.1, 0.15) is 5.75 Å². The molecule has 1 saturated heterocycles. The first-order valence-corrected chi connectivity index (χ1v) is 8.68. The Bertz CT molecular complexity index is 998. The van der Waals surface area contributed by atoms with Gasteiger partial charge in [0.25, 0.3) is 0 Å². The molecule has 6 heteroatoms. The minimum atomic E-state index is -0.954. The molecule has 0 radical (unpaired) electrons. The highest BCUT2D eigenvalue weighted by Crippen LogP contribution is 2.38. The number of hydrogen-bond donors (Lipinski definition) is 1. The normalized spacial score (nSPS) is 17.6. The molecule has 1 heterocycles. The second-order valence-corrected chi connectivity index (χ2v) is 6.95. The minimum absolute atomic E-state index is 0.0391. The van der Waals surface area contributed by atoms with E-state index in [0.29, 0.717) is 18.8 Å². The van der Waals surface area contributed by atoms with Gasteiger partial charge in [-0.25, -0.2) is 0 Å². The number of carbonyl (C=O) groups excluding carboxylic acids is 3. The second-order valence-electron chi connectivity index (χ2n) is 6.95. The van der Waals surface area contributed by atoms with Gasteiger partial charge in [-0.05, 0) is 25.5 Å². The molecule has 4 rings (SSSR count). The second kappa shape index (κ2) is 6.11. The first kappa shape index (κ1) is 17.6. The van der Waals surface area contributed by atoms with Gasteiger partial charge in [-0.15, -0.1) is 0 Å². The summed E-state index contributed by atoms with van der Waals surface area (Å²) in [6.07, 6.45) is 0.172. The van der Waals surface area contributed by atoms with Crippen molar-refractivity contribution >= 4 is 17.3 Å². The number of ketones is 3. The van der Waals surface area contributed by atoms with Crippen molar-refractivity contribution < 1.29 is 29.0 Å². The zero-order valence-electron chi connectivity index (χ0n) is 15.0. The summed E-state index contributed by atoms with van der Waals surface area (Å²) < 4.78 is 11.2. The molecule has 0 unspecified atom stereocenters. The molecular formula is C21H18O6. The Labute approximate surface area is 155 Å². The third kappa shape index (κ3) is 2.69. The van der Waals surface area contributed by atoms with Crippen LogP contribution in [0.25, 0.3) is 0 Å². The van der Waals surface area contributed by atoms with Crippen LogP contribution in [0.4, 0.5) is 0 Å². The van der Waals surface area contributed by atoms with Crippen molar-refractivity contribution in [2.75, 3.05) is 13.2 Å². The minimum Gasteiger partial charge on any atom is -0.507 e. The molecule has 2 aromatic rings. The van der Waals surface area contributed by atoms with Gasteiger partial charge in [-0.2, -0.15) is 0 Å². The van der Waals surface area contributed by atoms with Crippen molar-refractivity contribution in [3.8, 4) is 5.75 Å². The van der Waals surface area contributed by atoms with Crippen LogP contribution < -0.4 is 0 Å². The number of fused-ring (bicyclic) bond motifs is 2. The van der Waals surface area contributed by atoms with Crippen LogP contribution in [0, 0.1) is 0 Å². The lowest BCUT2D eigenvalue weighted by molar-refractivity contribution is -0.140. The lowest BCUT2D eigenvalue weighted by Gasteiger charge is -2.26. The Morgan fingerprint density at radius 2 is 1.63 bits per heavy atom. The summed E-state index contributed by atoms with van der Waals surface area (Å²) in [5, 5.41) is 10.5. The van der Waals surface area contributed by atoms with E-state index in [0.717, 1.165) is 0 Å². The zero-order chi connectivity index (χ0) is 19.3. The molecule has 0 saturated carbocycles. The van der Waals surface area contributed by atoms with Gasteiger partial charge in [0.05, 0.1) is 18.8 Å². The monoisotopic (exact) mass is 366 g/mol. The number of carbonyl (C=O) groups is 3. The first-order chi connectivity index (χ1) is 12.8. The van der Waals surface area contributed by atoms with Crippen molar-refractivity contribution in [2.45, 2.75) is 26.1 Å². The van der Waals surface area contributed by atoms with Crippen molar-refractivity contribution in [3.05, 3.63) is 63.7 Å². The molecule has 0 atom stereocenters. The summed E-state index contributed by atoms with van der Waals surface area (Å²) in [7, 11) is 0. The highest BCUT2D eigenvalue weighted by molar-refractivity contribution is 6.31. The molecule has 0 amide bonds. The van der Waals surface area contributed by atoms with E-state index < -0.39 is 17.4 Å². The Kier molecular flexibility index (Phi) is 3.98. The lowest BCUT2D eigenvalue weighted by Crippen LogP contribution is -2.31. The predicted octanol–water partition coefficient (Wildman–Crippen LogP) is 2.68. The van der Waals surface area contributed by atoms with Crippen LogP contribution in [0.5, 0.6) is 5.75 Å². The summed E-state index contributed by atoms with van der Waals surface area (Å²) in [5.74, 6) is -2.54. The van der Waals surface area contributed by atoms with E-state index in [-0.39, 0.29) is 45.8 Å². The van der Waals surface area contributed by atoms with Gasteiger partial charge in [-0.3, -0.25) is 14.4 Å². The van der Waals surface area contributed by atoms with E-state index in [1.165, 1.54) is 13.0 Å². The van der Waals surface area contributed by atoms with E-state index in [1.807, 2.05) is 0 Å². The van der Waals surface area contributed by atoms with Crippen LogP contribution >= 0.6 is 0 Å². The van der Waals surface area contributed by atoms with Crippen LogP contribution in [-0.4, -0.2) is 41.5 Å². The molecule has 1 aliphatic carbocycles. The smallest absolute Gasteiger partial charge is 0.198 e. The Balaban J connectivity index is 1.96. The SMILES string of the molecule is CC(=O)c1c(CC2(C)OCCO2)cc(O)c2c1C(=O)c1ccccc1C2=O. The number of phenolic OH excluding ortho intramolecular Hbond substituents is 1. The molecule has 0 aromatic heterocycles. The number of rotatable bonds is 3. The average Bonchev–Trinajstić information content (AvgIpc) is 3.05. The van der Waals surface area contributed by atoms with E-state index in [2.05, 4.69) is 0 Å². The molecule has 27 heavy (non-hydrogen) atoms. The van der Waals surface area contributed by atoms with E-state index in [1.54, 1.807) is 31.2 Å². The molecule has 1 N–H and O–H groups in total. The first-order valence-electron chi connectivity index (χ1n) is 8.68. The van der Waals surface area contributed by atoms with Crippen molar-refractivity contribution in [1.82, 2.24) is 0 Å². The Morgan fingerprint density at radius 1 is 1.07 bits per heavy atom. The van der Waals surface area contributed by atoms with Crippen LogP contribution in [0.3, 0.4) is 0 Å². The van der Waals surface area contributed by atoms with Crippen molar-refractivity contribution in [1.29, 1.82) is 0 Å². The highest BCUT2D eigenvalue weighted by Gasteiger charge is 2.39. The number of benzene rings is 2. The summed E-state index contributed by atoms with van der Waals surface area (Å²) in [6.45, 7) is 3.93. The van der Waals surface area contributed by atoms with Crippen LogP contribution in [0.15, 0.2) is 30.3 Å². The molecule has 138 valence electrons. The molecule has 1 aliphatic heterocycles. The molecule has 1 fully saturated rings. The van der Waals surface area contributed by atoms with Gasteiger partial charge in [0, 0.05) is 28.7 Å². The summed E-state index contributed by atoms with van der Waals surface area (Å²) >= 11 is 0. The largest absolute Gasteiger partial charge is 0.507 e. The topological polar surface area (TPSA) is 89.9 Å². The van der Waals surface area contributed by atoms with Crippen molar-refractivity contribution in [3.63, 3.8) is 0 Å². The highest BCUT2D eigenvalue weighted by atomic mass is 16.7.